The molecule has 1 N–H and O–H groups in total. The monoisotopic (exact) mass is 562 g/mol. The van der Waals surface area contributed by atoms with Crippen LogP contribution < -0.4 is 19.6 Å². The van der Waals surface area contributed by atoms with Crippen molar-refractivity contribution >= 4 is 46.7 Å². The van der Waals surface area contributed by atoms with Crippen LogP contribution in [0, 0.1) is 20.2 Å². The molecule has 0 atom stereocenters. The third-order valence-corrected chi connectivity index (χ3v) is 5.33. The van der Waals surface area contributed by atoms with Crippen LogP contribution in [0.1, 0.15) is 29.8 Å². The Balaban J connectivity index is 1.76. The molecule has 0 saturated carbocycles. The molecule has 0 aliphatic heterocycles. The first-order valence-corrected chi connectivity index (χ1v) is 11.7. The highest BCUT2D eigenvalue weighted by Gasteiger charge is 2.23. The minimum absolute atomic E-state index is 0.0224. The van der Waals surface area contributed by atoms with Gasteiger partial charge in [-0.15, -0.1) is 0 Å². The van der Waals surface area contributed by atoms with Crippen molar-refractivity contribution in [1.82, 2.24) is 5.43 Å². The van der Waals surface area contributed by atoms with Gasteiger partial charge in [0.15, 0.2) is 17.2 Å². The standard InChI is InChI=1S/C24H20Cl2N4O8/c1-3-36-21-7-5-15(11-22(21)37-4-2)24(31)28-27-13-14-9-17(25)23(18(26)10-14)38-20-8-6-16(29(32)33)12-19(20)30(34)35/h5-13H,3-4H2,1-2H3,(H,28,31)/b27-13+. The highest BCUT2D eigenvalue weighted by molar-refractivity contribution is 6.37. The van der Waals surface area contributed by atoms with E-state index in [1.807, 2.05) is 13.8 Å². The zero-order valence-corrected chi connectivity index (χ0v) is 21.5. The van der Waals surface area contributed by atoms with Gasteiger partial charge in [-0.2, -0.15) is 5.10 Å². The minimum Gasteiger partial charge on any atom is -0.490 e. The second-order valence-electron chi connectivity index (χ2n) is 7.31. The smallest absolute Gasteiger partial charge is 0.318 e. The normalized spacial score (nSPS) is 10.7. The van der Waals surface area contributed by atoms with Crippen LogP contribution in [0.2, 0.25) is 10.0 Å². The molecule has 0 spiro atoms. The highest BCUT2D eigenvalue weighted by atomic mass is 35.5. The van der Waals surface area contributed by atoms with Crippen molar-refractivity contribution in [1.29, 1.82) is 0 Å². The lowest BCUT2D eigenvalue weighted by atomic mass is 10.2. The number of nitro benzene ring substituents is 2. The summed E-state index contributed by atoms with van der Waals surface area (Å²) in [5.41, 5.74) is 1.94. The zero-order chi connectivity index (χ0) is 27.8. The molecule has 0 radical (unpaired) electrons. The Bertz CT molecular complexity index is 1390. The number of halogens is 2. The van der Waals surface area contributed by atoms with E-state index < -0.39 is 27.1 Å². The molecule has 3 rings (SSSR count). The van der Waals surface area contributed by atoms with Crippen LogP contribution in [0.3, 0.4) is 0 Å². The van der Waals surface area contributed by atoms with Gasteiger partial charge in [-0.05, 0) is 55.8 Å². The molecular weight excluding hydrogens is 543 g/mol. The number of hydrogen-bond acceptors (Lipinski definition) is 9. The summed E-state index contributed by atoms with van der Waals surface area (Å²) in [5.74, 6) is 0.0329. The number of carbonyl (C=O) groups excluding carboxylic acids is 1. The van der Waals surface area contributed by atoms with Gasteiger partial charge in [-0.3, -0.25) is 25.0 Å². The van der Waals surface area contributed by atoms with E-state index in [2.05, 4.69) is 10.5 Å². The summed E-state index contributed by atoms with van der Waals surface area (Å²) >= 11 is 12.5. The molecule has 0 aliphatic carbocycles. The van der Waals surface area contributed by atoms with E-state index in [0.717, 1.165) is 18.2 Å². The number of rotatable bonds is 11. The number of nitro groups is 2. The zero-order valence-electron chi connectivity index (χ0n) is 20.0. The summed E-state index contributed by atoms with van der Waals surface area (Å²) in [7, 11) is 0. The maximum Gasteiger partial charge on any atom is 0.318 e. The summed E-state index contributed by atoms with van der Waals surface area (Å²) in [4.78, 5) is 33.2. The Labute approximate surface area is 226 Å². The number of nitrogens with zero attached hydrogens (tertiary/aromatic N) is 3. The van der Waals surface area contributed by atoms with Crippen LogP contribution in [-0.4, -0.2) is 35.2 Å². The maximum absolute atomic E-state index is 12.5. The average molecular weight is 563 g/mol. The van der Waals surface area contributed by atoms with E-state index >= 15 is 0 Å². The summed E-state index contributed by atoms with van der Waals surface area (Å²) in [6.07, 6.45) is 1.28. The van der Waals surface area contributed by atoms with Gasteiger partial charge in [0, 0.05) is 11.6 Å². The number of hydrazone groups is 1. The Hall–Kier alpha value is -4.42. The summed E-state index contributed by atoms with van der Waals surface area (Å²) in [6.45, 7) is 4.48. The molecule has 0 saturated heterocycles. The van der Waals surface area contributed by atoms with Crippen molar-refractivity contribution in [3.8, 4) is 23.0 Å². The van der Waals surface area contributed by atoms with Gasteiger partial charge in [0.25, 0.3) is 11.6 Å². The molecular formula is C24H20Cl2N4O8. The molecule has 14 heteroatoms. The first kappa shape index (κ1) is 28.2. The number of benzene rings is 3. The molecule has 3 aromatic carbocycles. The third-order valence-electron chi connectivity index (χ3n) is 4.77. The number of carbonyl (C=O) groups is 1. The SMILES string of the molecule is CCOc1ccc(C(=O)N/N=C/c2cc(Cl)c(Oc3ccc([N+](=O)[O-])cc3[N+](=O)[O-])c(Cl)c2)cc1OCC. The van der Waals surface area contributed by atoms with Crippen LogP contribution in [0.15, 0.2) is 53.6 Å². The first-order valence-electron chi connectivity index (χ1n) is 11.0. The molecule has 0 heterocycles. The van der Waals surface area contributed by atoms with Gasteiger partial charge in [0.05, 0.1) is 45.4 Å². The average Bonchev–Trinajstić information content (AvgIpc) is 2.87. The van der Waals surface area contributed by atoms with Gasteiger partial charge in [-0.25, -0.2) is 5.43 Å². The van der Waals surface area contributed by atoms with Crippen molar-refractivity contribution in [2.75, 3.05) is 13.2 Å². The minimum atomic E-state index is -0.824. The van der Waals surface area contributed by atoms with Crippen LogP contribution in [0.25, 0.3) is 0 Å². The molecule has 0 aromatic heterocycles. The second kappa shape index (κ2) is 12.7. The van der Waals surface area contributed by atoms with E-state index in [0.29, 0.717) is 35.8 Å². The van der Waals surface area contributed by atoms with E-state index in [1.54, 1.807) is 12.1 Å². The Morgan fingerprint density at radius 2 is 1.55 bits per heavy atom. The largest absolute Gasteiger partial charge is 0.490 e. The van der Waals surface area contributed by atoms with Crippen LogP contribution in [0.4, 0.5) is 11.4 Å². The van der Waals surface area contributed by atoms with Gasteiger partial charge < -0.3 is 14.2 Å². The van der Waals surface area contributed by atoms with Gasteiger partial charge in [0.1, 0.15) is 0 Å². The van der Waals surface area contributed by atoms with Gasteiger partial charge in [-0.1, -0.05) is 23.2 Å². The van der Waals surface area contributed by atoms with Crippen molar-refractivity contribution < 1.29 is 28.9 Å². The predicted octanol–water partition coefficient (Wildman–Crippen LogP) is 6.16. The number of nitrogens with one attached hydrogen (secondary N) is 1. The summed E-state index contributed by atoms with van der Waals surface area (Å²) in [6, 6.07) is 10.4. The van der Waals surface area contributed by atoms with Crippen LogP contribution in [-0.2, 0) is 0 Å². The number of non-ortho nitro benzene ring substituents is 1. The Kier molecular flexibility index (Phi) is 9.41. The second-order valence-corrected chi connectivity index (χ2v) is 8.12. The molecule has 1 amide bonds. The third kappa shape index (κ3) is 6.87. The maximum atomic E-state index is 12.5. The van der Waals surface area contributed by atoms with Crippen LogP contribution >= 0.6 is 23.2 Å². The van der Waals surface area contributed by atoms with E-state index in [9.17, 15) is 25.0 Å². The molecule has 38 heavy (non-hydrogen) atoms. The van der Waals surface area contributed by atoms with Crippen molar-refractivity contribution in [3.63, 3.8) is 0 Å². The summed E-state index contributed by atoms with van der Waals surface area (Å²) in [5, 5.41) is 26.1. The quantitative estimate of drug-likeness (QED) is 0.165. The molecule has 0 aliphatic rings. The Morgan fingerprint density at radius 1 is 0.921 bits per heavy atom. The first-order chi connectivity index (χ1) is 18.1. The summed E-state index contributed by atoms with van der Waals surface area (Å²) < 4.78 is 16.5. The Morgan fingerprint density at radius 3 is 2.16 bits per heavy atom. The van der Waals surface area contributed by atoms with Gasteiger partial charge in [0.2, 0.25) is 5.75 Å². The number of amides is 1. The molecule has 12 nitrogen and oxygen atoms in total. The van der Waals surface area contributed by atoms with Gasteiger partial charge >= 0.3 is 5.69 Å². The van der Waals surface area contributed by atoms with Crippen molar-refractivity contribution in [2.45, 2.75) is 13.8 Å². The van der Waals surface area contributed by atoms with Crippen molar-refractivity contribution in [2.24, 2.45) is 5.10 Å². The topological polar surface area (TPSA) is 155 Å². The molecule has 0 unspecified atom stereocenters. The number of ether oxygens (including phenoxy) is 3. The van der Waals surface area contributed by atoms with E-state index in [1.165, 1.54) is 24.4 Å². The fraction of sp³-hybridized carbons (Fsp3) is 0.167. The lowest BCUT2D eigenvalue weighted by Crippen LogP contribution is -2.17. The fourth-order valence-corrected chi connectivity index (χ4v) is 3.71. The lowest BCUT2D eigenvalue weighted by Gasteiger charge is -2.12. The van der Waals surface area contributed by atoms with E-state index in [-0.39, 0.29) is 21.5 Å². The van der Waals surface area contributed by atoms with Crippen molar-refractivity contribution in [3.05, 3.63) is 89.9 Å². The molecule has 0 fully saturated rings. The number of hydrogen-bond donors (Lipinski definition) is 1. The highest BCUT2D eigenvalue weighted by Crippen LogP contribution is 2.41. The predicted molar refractivity (Wildman–Crippen MR) is 140 cm³/mol. The van der Waals surface area contributed by atoms with Crippen LogP contribution in [0.5, 0.6) is 23.0 Å². The van der Waals surface area contributed by atoms with E-state index in [4.69, 9.17) is 37.4 Å². The molecule has 198 valence electrons. The molecule has 3 aromatic rings. The molecule has 0 bridgehead atoms. The lowest BCUT2D eigenvalue weighted by molar-refractivity contribution is -0.394. The fourth-order valence-electron chi connectivity index (χ4n) is 3.13.